The molecule has 18 rings (SSSR count). The highest BCUT2D eigenvalue weighted by molar-refractivity contribution is 9.10. The summed E-state index contributed by atoms with van der Waals surface area (Å²) in [7, 11) is 0. The first-order valence-electron chi connectivity index (χ1n) is 35.9. The number of anilines is 9. The highest BCUT2D eigenvalue weighted by Gasteiger charge is 2.39. The zero-order valence-electron chi connectivity index (χ0n) is 57.6. The van der Waals surface area contributed by atoms with Gasteiger partial charge in [0.2, 0.25) is 0 Å². The minimum Gasteiger partial charge on any atom is -0.478 e. The number of benzene rings is 9. The molecule has 4 heterocycles. The molecule has 4 fully saturated rings. The summed E-state index contributed by atoms with van der Waals surface area (Å²) in [6, 6.07) is 47.8. The Kier molecular flexibility index (Phi) is 18.6. The standard InChI is InChI=1S/C31H30N4O4.C31H32N4O4.C21H11BrN2O4/c36-29-22-8-4-5-9-23(22)30-27-26(29)24(32-20-12-10-19(11-13-20)31(37)38)18-25(28(27)33-39-30)35-16-14-34(15-17-35)21-6-2-1-3-7-21;32-28-25(35-16-14-34(15-17-35)21-6-2-1-3-7-21)18-24(33-20-12-10-19(11-13-20)31(38)39)26-27(28)30(37)23-9-5-4-8-22(23)29(26)36;22-14-9-15(23-11-7-5-10(6-8-11)21(26)27)16-17-18(14)24-28-20(17)13-4-2-1-3-12(13)19(16)25/h4-5,8-13,18,21,32H,1-3,6-7,14-17H2,(H,37,38);4-5,8-13,18,21,33H,1-3,6-7,14-17,32H2,(H,38,39);1-9,23H,(H,26,27). The summed E-state index contributed by atoms with van der Waals surface area (Å²) in [4.78, 5) is 98.1. The molecule has 8 N–H and O–H groups in total. The summed E-state index contributed by atoms with van der Waals surface area (Å²) < 4.78 is 12.2. The van der Waals surface area contributed by atoms with Crippen molar-refractivity contribution < 1.29 is 57.9 Å². The molecule has 106 heavy (non-hydrogen) atoms. The van der Waals surface area contributed by atoms with Crippen molar-refractivity contribution in [1.82, 2.24) is 20.1 Å². The smallest absolute Gasteiger partial charge is 0.335 e. The summed E-state index contributed by atoms with van der Waals surface area (Å²) >= 11 is 3.50. The number of carbonyl (C=O) groups excluding carboxylic acids is 4. The molecule has 0 spiro atoms. The zero-order chi connectivity index (χ0) is 73.0. The van der Waals surface area contributed by atoms with E-state index in [0.717, 1.165) is 80.2 Å². The van der Waals surface area contributed by atoms with Crippen molar-refractivity contribution in [3.8, 4) is 22.6 Å². The summed E-state index contributed by atoms with van der Waals surface area (Å²) in [6.45, 7) is 7.18. The second-order valence-electron chi connectivity index (χ2n) is 27.8. The van der Waals surface area contributed by atoms with Crippen LogP contribution in [0.2, 0.25) is 0 Å². The SMILES string of the molecule is Nc1c(N2CCN(C3CCCCC3)CC2)cc(Nc2ccc(C(=O)O)cc2)c2c1C(=O)c1ccccc1C2=O.O=C(O)c1ccc(Nc2cc(Br)c3noc4c3c2C(=O)c2ccccc2-4)cc1.O=C(O)c1ccc(Nc2cc(N3CCN(C4CCCCC4)CC3)c3noc4c3c2C(=O)c2ccccc2-4)cc1. The molecule has 9 aromatic carbocycles. The predicted octanol–water partition coefficient (Wildman–Crippen LogP) is 16.1. The first kappa shape index (κ1) is 68.6. The quantitative estimate of drug-likeness (QED) is 0.0528. The maximum absolute atomic E-state index is 13.8. The van der Waals surface area contributed by atoms with Crippen LogP contribution in [0.3, 0.4) is 0 Å². The Labute approximate surface area is 616 Å². The van der Waals surface area contributed by atoms with Gasteiger partial charge in [0.1, 0.15) is 11.0 Å². The van der Waals surface area contributed by atoms with Gasteiger partial charge in [0.25, 0.3) is 0 Å². The number of hydrogen-bond acceptors (Lipinski definition) is 19. The van der Waals surface area contributed by atoms with E-state index in [1.165, 1.54) is 88.5 Å². The third-order valence-electron chi connectivity index (χ3n) is 21.7. The number of halogens is 1. The van der Waals surface area contributed by atoms with Gasteiger partial charge in [-0.05, 0) is 133 Å². The van der Waals surface area contributed by atoms with Crippen LogP contribution < -0.4 is 31.5 Å². The molecule has 0 radical (unpaired) electrons. The molecular weight excluding hydrogens is 1410 g/mol. The first-order valence-corrected chi connectivity index (χ1v) is 36.6. The number of carboxylic acids is 3. The monoisotopic (exact) mass is 1480 g/mol. The molecule has 534 valence electrons. The van der Waals surface area contributed by atoms with Crippen molar-refractivity contribution in [3.63, 3.8) is 0 Å². The minimum atomic E-state index is -1.02. The number of nitrogens with two attached hydrogens (primary N) is 1. The molecule has 0 atom stereocenters. The third-order valence-corrected chi connectivity index (χ3v) is 22.3. The molecule has 2 saturated heterocycles. The molecule has 2 saturated carbocycles. The third kappa shape index (κ3) is 12.8. The van der Waals surface area contributed by atoms with E-state index in [1.54, 1.807) is 84.9 Å². The average Bonchev–Trinajstić information content (AvgIpc) is 1.42. The lowest BCUT2D eigenvalue weighted by Gasteiger charge is -2.42. The summed E-state index contributed by atoms with van der Waals surface area (Å²) in [5.74, 6) is -2.53. The maximum Gasteiger partial charge on any atom is 0.335 e. The van der Waals surface area contributed by atoms with Gasteiger partial charge in [-0.25, -0.2) is 14.4 Å². The number of nitrogen functional groups attached to an aromatic ring is 1. The van der Waals surface area contributed by atoms with Gasteiger partial charge in [0, 0.05) is 119 Å². The number of aromatic carboxylic acids is 3. The lowest BCUT2D eigenvalue weighted by molar-refractivity contribution is 0.0686. The molecule has 0 amide bonds. The number of piperazine rings is 2. The summed E-state index contributed by atoms with van der Waals surface area (Å²) in [5.41, 5.74) is 19.1. The van der Waals surface area contributed by atoms with Crippen LogP contribution in [0.25, 0.3) is 44.5 Å². The molecule has 0 bridgehead atoms. The van der Waals surface area contributed by atoms with Crippen LogP contribution in [0.4, 0.5) is 51.2 Å². The lowest BCUT2D eigenvalue weighted by Crippen LogP contribution is -2.51. The normalized spacial score (nSPS) is 16.4. The van der Waals surface area contributed by atoms with Gasteiger partial charge in [0.15, 0.2) is 34.7 Å². The van der Waals surface area contributed by atoms with Crippen molar-refractivity contribution in [2.75, 3.05) is 83.8 Å². The topological polar surface area (TPSA) is 307 Å². The number of fused-ring (bicyclic) bond motifs is 6. The second-order valence-corrected chi connectivity index (χ2v) is 28.6. The van der Waals surface area contributed by atoms with Crippen LogP contribution in [0.15, 0.2) is 177 Å². The van der Waals surface area contributed by atoms with Crippen LogP contribution in [0, 0.1) is 0 Å². The van der Waals surface area contributed by atoms with E-state index in [0.29, 0.717) is 118 Å². The fourth-order valence-corrected chi connectivity index (χ4v) is 16.8. The van der Waals surface area contributed by atoms with Crippen molar-refractivity contribution in [1.29, 1.82) is 0 Å². The summed E-state index contributed by atoms with van der Waals surface area (Å²) in [5, 5.41) is 47.6. The van der Waals surface area contributed by atoms with Gasteiger partial charge in [-0.15, -0.1) is 0 Å². The molecular formula is C83H73BrN10O12. The Morgan fingerprint density at radius 2 is 0.736 bits per heavy atom. The van der Waals surface area contributed by atoms with E-state index >= 15 is 0 Å². The van der Waals surface area contributed by atoms with Crippen LogP contribution in [0.5, 0.6) is 0 Å². The Morgan fingerprint density at radius 1 is 0.406 bits per heavy atom. The summed E-state index contributed by atoms with van der Waals surface area (Å²) in [6.07, 6.45) is 13.0. The van der Waals surface area contributed by atoms with Gasteiger partial charge in [-0.1, -0.05) is 122 Å². The number of nitrogens with one attached hydrogen (secondary N) is 3. The fourth-order valence-electron chi connectivity index (χ4n) is 16.3. The largest absolute Gasteiger partial charge is 0.478 e. The second kappa shape index (κ2) is 28.7. The molecule has 0 unspecified atom stereocenters. The van der Waals surface area contributed by atoms with E-state index in [-0.39, 0.29) is 51.0 Å². The molecule has 11 aromatic rings. The number of ketones is 4. The molecule has 7 aliphatic rings. The molecule has 23 heteroatoms. The highest BCUT2D eigenvalue weighted by Crippen LogP contribution is 2.49. The van der Waals surface area contributed by atoms with Crippen molar-refractivity contribution in [2.24, 2.45) is 0 Å². The number of carboxylic acid groups (broad SMARTS) is 3. The van der Waals surface area contributed by atoms with Crippen LogP contribution >= 0.6 is 15.9 Å². The van der Waals surface area contributed by atoms with E-state index < -0.39 is 17.9 Å². The van der Waals surface area contributed by atoms with Crippen molar-refractivity contribution in [3.05, 3.63) is 229 Å². The molecule has 2 aromatic heterocycles. The number of nitrogens with zero attached hydrogens (tertiary/aromatic N) is 6. The number of hydrogen-bond donors (Lipinski definition) is 7. The van der Waals surface area contributed by atoms with Crippen molar-refractivity contribution >= 4 is 130 Å². The van der Waals surface area contributed by atoms with Crippen LogP contribution in [-0.4, -0.2) is 141 Å². The first-order chi connectivity index (χ1) is 51.5. The number of aromatic nitrogens is 2. The minimum absolute atomic E-state index is 0.0791. The van der Waals surface area contributed by atoms with Gasteiger partial charge in [-0.2, -0.15) is 0 Å². The Balaban J connectivity index is 0.000000124. The Hall–Kier alpha value is -11.8. The zero-order valence-corrected chi connectivity index (χ0v) is 59.2. The van der Waals surface area contributed by atoms with E-state index in [2.05, 4.69) is 61.8 Å². The predicted molar refractivity (Wildman–Crippen MR) is 409 cm³/mol. The number of carbonyl (C=O) groups is 7. The average molecular weight is 1480 g/mol. The van der Waals surface area contributed by atoms with E-state index in [4.69, 9.17) is 19.9 Å². The van der Waals surface area contributed by atoms with Gasteiger partial charge in [-0.3, -0.25) is 29.0 Å². The molecule has 22 nitrogen and oxygen atoms in total. The van der Waals surface area contributed by atoms with Gasteiger partial charge >= 0.3 is 17.9 Å². The van der Waals surface area contributed by atoms with Gasteiger partial charge in [0.05, 0.1) is 83.8 Å². The van der Waals surface area contributed by atoms with Gasteiger partial charge < -0.3 is 55.8 Å². The van der Waals surface area contributed by atoms with E-state index in [1.807, 2.05) is 54.6 Å². The maximum atomic E-state index is 13.8. The Bertz CT molecular complexity index is 5380. The highest BCUT2D eigenvalue weighted by atomic mass is 79.9. The molecule has 5 aliphatic carbocycles. The van der Waals surface area contributed by atoms with Crippen LogP contribution in [0.1, 0.15) is 159 Å². The Morgan fingerprint density at radius 3 is 1.15 bits per heavy atom. The van der Waals surface area contributed by atoms with E-state index in [9.17, 15) is 43.8 Å². The van der Waals surface area contributed by atoms with Crippen LogP contribution in [-0.2, 0) is 0 Å². The van der Waals surface area contributed by atoms with Crippen molar-refractivity contribution in [2.45, 2.75) is 76.3 Å². The molecule has 2 aliphatic heterocycles. The lowest BCUT2D eigenvalue weighted by atomic mass is 9.81. The number of rotatable bonds is 13. The fraction of sp³-hybridized carbons (Fsp3) is 0.241.